The van der Waals surface area contributed by atoms with Crippen molar-refractivity contribution in [2.24, 2.45) is 0 Å². The molecule has 1 aliphatic carbocycles. The van der Waals surface area contributed by atoms with E-state index in [1.165, 1.54) is 11.6 Å². The summed E-state index contributed by atoms with van der Waals surface area (Å²) in [6.45, 7) is 3.82. The second kappa shape index (κ2) is 11.9. The van der Waals surface area contributed by atoms with Gasteiger partial charge in [0, 0.05) is 25.2 Å². The molecule has 1 fully saturated rings. The van der Waals surface area contributed by atoms with Crippen molar-refractivity contribution >= 4 is 23.2 Å². The second-order valence-electron chi connectivity index (χ2n) is 10.6. The highest BCUT2D eigenvalue weighted by atomic mass is 19.4. The zero-order valence-electron chi connectivity index (χ0n) is 22.7. The van der Waals surface area contributed by atoms with Crippen molar-refractivity contribution in [3.05, 3.63) is 105 Å². The summed E-state index contributed by atoms with van der Waals surface area (Å²) >= 11 is 0. The number of allylic oxidation sites excluding steroid dienone is 1. The van der Waals surface area contributed by atoms with E-state index < -0.39 is 12.3 Å². The number of ether oxygens (including phenoxy) is 1. The Morgan fingerprint density at radius 2 is 1.80 bits per heavy atom. The summed E-state index contributed by atoms with van der Waals surface area (Å²) in [6, 6.07) is 17.5. The van der Waals surface area contributed by atoms with Crippen molar-refractivity contribution in [2.45, 2.75) is 39.0 Å². The van der Waals surface area contributed by atoms with Crippen LogP contribution in [0.15, 0.2) is 66.2 Å². The van der Waals surface area contributed by atoms with E-state index in [0.717, 1.165) is 53.0 Å². The molecule has 214 valence electrons. The Morgan fingerprint density at radius 1 is 1.05 bits per heavy atom. The smallest absolute Gasteiger partial charge is 0.478 e. The normalized spacial score (nSPS) is 15.7. The van der Waals surface area contributed by atoms with Crippen molar-refractivity contribution in [1.29, 1.82) is 0 Å². The van der Waals surface area contributed by atoms with Gasteiger partial charge >= 0.3 is 12.3 Å². The minimum atomic E-state index is -4.85. The molecule has 0 radical (unpaired) electrons. The minimum Gasteiger partial charge on any atom is -0.478 e. The van der Waals surface area contributed by atoms with Gasteiger partial charge in [-0.2, -0.15) is 0 Å². The lowest BCUT2D eigenvalue weighted by atomic mass is 9.85. The van der Waals surface area contributed by atoms with E-state index in [4.69, 9.17) is 0 Å². The second-order valence-corrected chi connectivity index (χ2v) is 10.6. The zero-order valence-corrected chi connectivity index (χ0v) is 22.7. The molecular formula is C33H31F4NO3. The van der Waals surface area contributed by atoms with Crippen LogP contribution >= 0.6 is 0 Å². The Kier molecular flexibility index (Phi) is 8.31. The van der Waals surface area contributed by atoms with Crippen molar-refractivity contribution in [3.8, 4) is 5.75 Å². The molecule has 41 heavy (non-hydrogen) atoms. The first-order valence-corrected chi connectivity index (χ1v) is 13.7. The fourth-order valence-electron chi connectivity index (χ4n) is 5.78. The third-order valence-electron chi connectivity index (χ3n) is 7.59. The van der Waals surface area contributed by atoms with Gasteiger partial charge in [-0.3, -0.25) is 9.29 Å². The zero-order chi connectivity index (χ0) is 29.1. The van der Waals surface area contributed by atoms with Crippen LogP contribution in [-0.4, -0.2) is 48.6 Å². The molecule has 3 aromatic carbocycles. The number of hydrogen-bond acceptors (Lipinski definition) is 3. The summed E-state index contributed by atoms with van der Waals surface area (Å²) in [5.74, 6) is -1.28. The van der Waals surface area contributed by atoms with E-state index in [9.17, 15) is 27.5 Å². The number of hydrogen-bond donors (Lipinski definition) is 1. The highest BCUT2D eigenvalue weighted by molar-refractivity contribution is 6.02. The van der Waals surface area contributed by atoms with E-state index in [0.29, 0.717) is 36.8 Å². The third-order valence-corrected chi connectivity index (χ3v) is 7.59. The lowest BCUT2D eigenvalue weighted by Crippen LogP contribution is -2.40. The van der Waals surface area contributed by atoms with Crippen molar-refractivity contribution in [3.63, 3.8) is 0 Å². The van der Waals surface area contributed by atoms with Gasteiger partial charge in [0.15, 0.2) is 0 Å². The van der Waals surface area contributed by atoms with Crippen molar-refractivity contribution in [2.75, 3.05) is 26.3 Å². The molecule has 0 spiro atoms. The van der Waals surface area contributed by atoms with Gasteiger partial charge in [0.05, 0.1) is 12.2 Å². The standard InChI is InChI=1S/C33H31F4NO3/c1-21-5-2-8-29(41-33(35,36)37)30(21)28-7-3-6-25-18-26(32(39)40)13-14-27(25)31(28)24-11-9-22(10-12-24)17-23-19-38(20-23)16-4-15-34/h2,5,8-14,17-18H,3-4,6-7,15-16,19-20H2,1H3,(H,39,40). The molecule has 2 aliphatic rings. The number of fused-ring (bicyclic) bond motifs is 1. The van der Waals surface area contributed by atoms with Crippen LogP contribution in [0.25, 0.3) is 17.2 Å². The maximum absolute atomic E-state index is 13.4. The number of nitrogens with zero attached hydrogens (tertiary/aromatic N) is 1. The lowest BCUT2D eigenvalue weighted by molar-refractivity contribution is -0.274. The Balaban J connectivity index is 1.61. The van der Waals surface area contributed by atoms with E-state index >= 15 is 0 Å². The maximum Gasteiger partial charge on any atom is 0.573 e. The van der Waals surface area contributed by atoms with Crippen LogP contribution in [0.5, 0.6) is 5.75 Å². The summed E-state index contributed by atoms with van der Waals surface area (Å²) < 4.78 is 57.2. The topological polar surface area (TPSA) is 49.8 Å². The first kappa shape index (κ1) is 28.6. The Bertz CT molecular complexity index is 1500. The molecular weight excluding hydrogens is 534 g/mol. The summed E-state index contributed by atoms with van der Waals surface area (Å²) in [6.07, 6.45) is -0.481. The molecule has 1 aliphatic heterocycles. The average Bonchev–Trinajstić information content (AvgIpc) is 3.08. The predicted octanol–water partition coefficient (Wildman–Crippen LogP) is 7.95. The number of rotatable bonds is 8. The maximum atomic E-state index is 13.4. The largest absolute Gasteiger partial charge is 0.573 e. The van der Waals surface area contributed by atoms with Crippen LogP contribution in [0.3, 0.4) is 0 Å². The Morgan fingerprint density at radius 3 is 2.49 bits per heavy atom. The number of aryl methyl sites for hydroxylation is 2. The monoisotopic (exact) mass is 565 g/mol. The lowest BCUT2D eigenvalue weighted by Gasteiger charge is -2.33. The van der Waals surface area contributed by atoms with Crippen molar-refractivity contribution < 1.29 is 32.2 Å². The van der Waals surface area contributed by atoms with E-state index in [-0.39, 0.29) is 18.0 Å². The van der Waals surface area contributed by atoms with E-state index in [2.05, 4.69) is 15.7 Å². The van der Waals surface area contributed by atoms with E-state index in [1.54, 1.807) is 37.3 Å². The van der Waals surface area contributed by atoms with Gasteiger partial charge in [-0.05, 0) is 95.3 Å². The number of aromatic carboxylic acids is 1. The van der Waals surface area contributed by atoms with Gasteiger partial charge in [0.25, 0.3) is 0 Å². The van der Waals surface area contributed by atoms with Gasteiger partial charge in [0.1, 0.15) is 5.75 Å². The molecule has 0 bridgehead atoms. The molecule has 0 atom stereocenters. The highest BCUT2D eigenvalue weighted by Gasteiger charge is 2.33. The Labute approximate surface area is 236 Å². The first-order valence-electron chi connectivity index (χ1n) is 13.7. The third kappa shape index (κ3) is 6.54. The van der Waals surface area contributed by atoms with Crippen LogP contribution in [0.2, 0.25) is 0 Å². The summed E-state index contributed by atoms with van der Waals surface area (Å²) in [5.41, 5.74) is 7.48. The quantitative estimate of drug-likeness (QED) is 0.282. The molecule has 4 nitrogen and oxygen atoms in total. The molecule has 1 saturated heterocycles. The molecule has 5 rings (SSSR count). The van der Waals surface area contributed by atoms with Gasteiger partial charge in [-0.25, -0.2) is 4.79 Å². The Hall–Kier alpha value is -3.91. The molecule has 0 aromatic heterocycles. The SMILES string of the molecule is Cc1cccc(OC(F)(F)F)c1C1=C(c2ccc(C=C3CN(CCCF)C3)cc2)c2ccc(C(=O)O)cc2CCC1. The average molecular weight is 566 g/mol. The number of halogens is 4. The number of benzene rings is 3. The number of likely N-dealkylation sites (tertiary alicyclic amines) is 1. The minimum absolute atomic E-state index is 0.173. The predicted molar refractivity (Wildman–Crippen MR) is 152 cm³/mol. The van der Waals surface area contributed by atoms with E-state index in [1.807, 2.05) is 24.3 Å². The van der Waals surface area contributed by atoms with Crippen LogP contribution in [-0.2, 0) is 6.42 Å². The number of carboxylic acids is 1. The van der Waals surface area contributed by atoms with Gasteiger partial charge < -0.3 is 9.84 Å². The van der Waals surface area contributed by atoms with Gasteiger partial charge in [-0.1, -0.05) is 48.5 Å². The fraction of sp³-hybridized carbons (Fsp3) is 0.303. The number of alkyl halides is 4. The summed E-state index contributed by atoms with van der Waals surface area (Å²) in [5, 5.41) is 9.58. The van der Waals surface area contributed by atoms with Crippen LogP contribution in [0.1, 0.15) is 63.0 Å². The van der Waals surface area contributed by atoms with Gasteiger partial charge in [0.2, 0.25) is 0 Å². The molecule has 1 N–H and O–H groups in total. The van der Waals surface area contributed by atoms with Crippen LogP contribution in [0, 0.1) is 6.92 Å². The molecule has 1 heterocycles. The molecule has 0 amide bonds. The van der Waals surface area contributed by atoms with Crippen LogP contribution in [0.4, 0.5) is 17.6 Å². The number of carboxylic acid groups (broad SMARTS) is 1. The fourth-order valence-corrected chi connectivity index (χ4v) is 5.78. The van der Waals surface area contributed by atoms with Crippen molar-refractivity contribution in [1.82, 2.24) is 4.90 Å². The van der Waals surface area contributed by atoms with Crippen LogP contribution < -0.4 is 4.74 Å². The molecule has 8 heteroatoms. The molecule has 0 saturated carbocycles. The summed E-state index contributed by atoms with van der Waals surface area (Å²) in [7, 11) is 0. The first-order chi connectivity index (χ1) is 19.6. The molecule has 3 aromatic rings. The molecule has 0 unspecified atom stereocenters. The van der Waals surface area contributed by atoms with Gasteiger partial charge in [-0.15, -0.1) is 13.2 Å². The summed E-state index contributed by atoms with van der Waals surface area (Å²) in [4.78, 5) is 13.9. The highest BCUT2D eigenvalue weighted by Crippen LogP contribution is 2.44. The number of carbonyl (C=O) groups is 1.